The third kappa shape index (κ3) is 3.12. The number of rotatable bonds is 5. The van der Waals surface area contributed by atoms with Gasteiger partial charge in [0.2, 0.25) is 0 Å². The monoisotopic (exact) mass is 299 g/mol. The maximum Gasteiger partial charge on any atom is 0.511 e. The Labute approximate surface area is 126 Å². The summed E-state index contributed by atoms with van der Waals surface area (Å²) >= 11 is 0. The molecule has 0 unspecified atom stereocenters. The van der Waals surface area contributed by atoms with Gasteiger partial charge in [0.15, 0.2) is 0 Å². The normalized spacial score (nSPS) is 10.0. The van der Waals surface area contributed by atoms with Crippen LogP contribution in [0.2, 0.25) is 0 Å². The summed E-state index contributed by atoms with van der Waals surface area (Å²) in [5, 5.41) is 20.1. The van der Waals surface area contributed by atoms with Crippen LogP contribution in [-0.2, 0) is 6.42 Å². The van der Waals surface area contributed by atoms with Gasteiger partial charge in [-0.1, -0.05) is 36.4 Å². The molecule has 2 aromatic carbocycles. The van der Waals surface area contributed by atoms with E-state index in [2.05, 4.69) is 6.58 Å². The van der Waals surface area contributed by atoms with E-state index in [0.29, 0.717) is 16.7 Å². The van der Waals surface area contributed by atoms with E-state index in [-0.39, 0.29) is 17.9 Å². The van der Waals surface area contributed by atoms with Gasteiger partial charge in [-0.3, -0.25) is 10.1 Å². The molecule has 0 heterocycles. The molecule has 0 saturated carbocycles. The Morgan fingerprint density at radius 2 is 1.95 bits per heavy atom. The summed E-state index contributed by atoms with van der Waals surface area (Å²) in [6.45, 7) is 3.61. The van der Waals surface area contributed by atoms with E-state index in [4.69, 9.17) is 9.84 Å². The van der Waals surface area contributed by atoms with Crippen molar-refractivity contribution in [3.63, 3.8) is 0 Å². The largest absolute Gasteiger partial charge is 0.511 e. The number of carboxylic acid groups (broad SMARTS) is 1. The van der Waals surface area contributed by atoms with Crippen LogP contribution in [-0.4, -0.2) is 16.2 Å². The molecule has 0 fully saturated rings. The highest BCUT2D eigenvalue weighted by Gasteiger charge is 2.23. The van der Waals surface area contributed by atoms with Crippen LogP contribution in [0.3, 0.4) is 0 Å². The molecule has 0 aromatic heterocycles. The molecule has 1 N–H and O–H groups in total. The Morgan fingerprint density at radius 1 is 1.27 bits per heavy atom. The van der Waals surface area contributed by atoms with Gasteiger partial charge in [0, 0.05) is 11.6 Å². The number of hydrogen-bond acceptors (Lipinski definition) is 4. The predicted molar refractivity (Wildman–Crippen MR) is 81.1 cm³/mol. The SMILES string of the molecule is C=CCc1c(OC(=O)O)ccc([N+](=O)[O-])c1-c1ccccc1. The lowest BCUT2D eigenvalue weighted by Crippen LogP contribution is -2.07. The Balaban J connectivity index is 2.76. The molecule has 2 aromatic rings. The number of allylic oxidation sites excluding steroid dienone is 1. The Morgan fingerprint density at radius 3 is 2.50 bits per heavy atom. The third-order valence-corrected chi connectivity index (χ3v) is 3.05. The molecule has 0 spiro atoms. The number of nitrogens with zero attached hydrogens (tertiary/aromatic N) is 1. The van der Waals surface area contributed by atoms with Crippen LogP contribution in [0.15, 0.2) is 55.1 Å². The third-order valence-electron chi connectivity index (χ3n) is 3.05. The van der Waals surface area contributed by atoms with Gasteiger partial charge in [-0.2, -0.15) is 0 Å². The molecule has 0 aliphatic carbocycles. The minimum absolute atomic E-state index is 0.0665. The summed E-state index contributed by atoms with van der Waals surface area (Å²) in [5.41, 5.74) is 1.25. The summed E-state index contributed by atoms with van der Waals surface area (Å²) in [4.78, 5) is 21.6. The number of nitro groups is 1. The van der Waals surface area contributed by atoms with Gasteiger partial charge in [0.25, 0.3) is 5.69 Å². The van der Waals surface area contributed by atoms with Crippen LogP contribution in [0.1, 0.15) is 5.56 Å². The van der Waals surface area contributed by atoms with Crippen LogP contribution in [0.4, 0.5) is 10.5 Å². The van der Waals surface area contributed by atoms with E-state index < -0.39 is 11.1 Å². The Hall–Kier alpha value is -3.15. The molecule has 22 heavy (non-hydrogen) atoms. The quantitative estimate of drug-likeness (QED) is 0.296. The van der Waals surface area contributed by atoms with Crippen LogP contribution in [0.5, 0.6) is 5.75 Å². The van der Waals surface area contributed by atoms with Crippen molar-refractivity contribution in [1.82, 2.24) is 0 Å². The number of benzene rings is 2. The molecule has 0 saturated heterocycles. The molecular formula is C16H13NO5. The molecule has 0 amide bonds. The fraction of sp³-hybridized carbons (Fsp3) is 0.0625. The molecular weight excluding hydrogens is 286 g/mol. The fourth-order valence-corrected chi connectivity index (χ4v) is 2.23. The standard InChI is InChI=1S/C16H13NO5/c1-2-6-12-14(22-16(18)19)10-9-13(17(20)21)15(12)11-7-4-3-5-8-11/h2-5,7-10H,1,6H2,(H,18,19). The summed E-state index contributed by atoms with van der Waals surface area (Å²) in [6, 6.07) is 11.3. The zero-order chi connectivity index (χ0) is 16.1. The first-order valence-electron chi connectivity index (χ1n) is 6.42. The van der Waals surface area contributed by atoms with E-state index in [1.54, 1.807) is 36.4 Å². The lowest BCUT2D eigenvalue weighted by molar-refractivity contribution is -0.384. The Bertz CT molecular complexity index is 725. The van der Waals surface area contributed by atoms with E-state index in [9.17, 15) is 14.9 Å². The number of ether oxygens (including phenoxy) is 1. The minimum Gasteiger partial charge on any atom is -0.449 e. The Kier molecular flexibility index (Phi) is 4.53. The van der Waals surface area contributed by atoms with Crippen LogP contribution in [0.25, 0.3) is 11.1 Å². The zero-order valence-corrected chi connectivity index (χ0v) is 11.6. The van der Waals surface area contributed by atoms with E-state index >= 15 is 0 Å². The second kappa shape index (κ2) is 6.53. The lowest BCUT2D eigenvalue weighted by Gasteiger charge is -2.13. The lowest BCUT2D eigenvalue weighted by atomic mass is 9.95. The summed E-state index contributed by atoms with van der Waals surface area (Å²) in [6.07, 6.45) is 0.313. The van der Waals surface area contributed by atoms with Crippen molar-refractivity contribution < 1.29 is 19.6 Å². The first kappa shape index (κ1) is 15.2. The molecule has 6 nitrogen and oxygen atoms in total. The first-order chi connectivity index (χ1) is 10.5. The highest BCUT2D eigenvalue weighted by atomic mass is 16.7. The van der Waals surface area contributed by atoms with Gasteiger partial charge >= 0.3 is 6.16 Å². The average Bonchev–Trinajstić information content (AvgIpc) is 2.49. The smallest absolute Gasteiger partial charge is 0.449 e. The highest BCUT2D eigenvalue weighted by Crippen LogP contribution is 2.38. The fourth-order valence-electron chi connectivity index (χ4n) is 2.23. The number of nitro benzene ring substituents is 1. The molecule has 0 aliphatic heterocycles. The predicted octanol–water partition coefficient (Wildman–Crippen LogP) is 4.05. The van der Waals surface area contributed by atoms with E-state index in [1.807, 2.05) is 0 Å². The topological polar surface area (TPSA) is 89.7 Å². The van der Waals surface area contributed by atoms with Crippen molar-refractivity contribution >= 4 is 11.8 Å². The minimum atomic E-state index is -1.47. The molecule has 6 heteroatoms. The summed E-state index contributed by atoms with van der Waals surface area (Å²) in [5.74, 6) is 0.0665. The molecule has 2 rings (SSSR count). The maximum absolute atomic E-state index is 11.3. The van der Waals surface area contributed by atoms with Crippen LogP contribution >= 0.6 is 0 Å². The van der Waals surface area contributed by atoms with Gasteiger partial charge in [-0.25, -0.2) is 4.79 Å². The van der Waals surface area contributed by atoms with Gasteiger partial charge in [0.1, 0.15) is 5.75 Å². The number of hydrogen-bond donors (Lipinski definition) is 1. The molecule has 0 bridgehead atoms. The van der Waals surface area contributed by atoms with E-state index in [1.165, 1.54) is 12.1 Å². The maximum atomic E-state index is 11.3. The van der Waals surface area contributed by atoms with Gasteiger partial charge in [-0.15, -0.1) is 6.58 Å². The highest BCUT2D eigenvalue weighted by molar-refractivity contribution is 5.80. The summed E-state index contributed by atoms with van der Waals surface area (Å²) < 4.78 is 4.74. The van der Waals surface area contributed by atoms with Crippen molar-refractivity contribution in [3.8, 4) is 16.9 Å². The second-order valence-corrected chi connectivity index (χ2v) is 4.42. The summed E-state index contributed by atoms with van der Waals surface area (Å²) in [7, 11) is 0. The van der Waals surface area contributed by atoms with Crippen molar-refractivity contribution in [2.24, 2.45) is 0 Å². The van der Waals surface area contributed by atoms with Gasteiger partial charge in [0.05, 0.1) is 10.5 Å². The average molecular weight is 299 g/mol. The molecule has 0 aliphatic rings. The molecule has 0 radical (unpaired) electrons. The van der Waals surface area contributed by atoms with Crippen LogP contribution < -0.4 is 4.74 Å². The first-order valence-corrected chi connectivity index (χ1v) is 6.42. The zero-order valence-electron chi connectivity index (χ0n) is 11.6. The molecule has 112 valence electrons. The number of carbonyl (C=O) groups is 1. The van der Waals surface area contributed by atoms with Crippen LogP contribution in [0, 0.1) is 10.1 Å². The van der Waals surface area contributed by atoms with E-state index in [0.717, 1.165) is 0 Å². The van der Waals surface area contributed by atoms with Crippen molar-refractivity contribution in [1.29, 1.82) is 0 Å². The van der Waals surface area contributed by atoms with Gasteiger partial charge in [-0.05, 0) is 18.1 Å². The van der Waals surface area contributed by atoms with Crippen molar-refractivity contribution in [2.75, 3.05) is 0 Å². The molecule has 0 atom stereocenters. The van der Waals surface area contributed by atoms with Crippen molar-refractivity contribution in [3.05, 3.63) is 70.8 Å². The second-order valence-electron chi connectivity index (χ2n) is 4.42. The van der Waals surface area contributed by atoms with Crippen molar-refractivity contribution in [2.45, 2.75) is 6.42 Å². The van der Waals surface area contributed by atoms with Gasteiger partial charge < -0.3 is 9.84 Å².